The molecule has 0 saturated carbocycles. The Morgan fingerprint density at radius 3 is 2.55 bits per heavy atom. The molecule has 0 aliphatic rings. The van der Waals surface area contributed by atoms with E-state index in [0.29, 0.717) is 0 Å². The summed E-state index contributed by atoms with van der Waals surface area (Å²) in [5.41, 5.74) is 3.32. The molecule has 0 unspecified atom stereocenters. The number of para-hydroxylation sites is 1. The lowest BCUT2D eigenvalue weighted by Gasteiger charge is -2.08. The van der Waals surface area contributed by atoms with Crippen molar-refractivity contribution in [3.8, 4) is 0 Å². The van der Waals surface area contributed by atoms with Crippen molar-refractivity contribution < 1.29 is 9.45 Å². The molecule has 0 aliphatic carbocycles. The number of aryl methyl sites for hydroxylation is 3. The summed E-state index contributed by atoms with van der Waals surface area (Å²) in [6, 6.07) is 5.96. The molecule has 0 spiro atoms. The molecule has 0 atom stereocenters. The zero-order valence-electron chi connectivity index (χ0n) is 11.5. The van der Waals surface area contributed by atoms with Crippen LogP contribution in [0.4, 0.5) is 11.4 Å². The monoisotopic (exact) mass is 273 g/mol. The van der Waals surface area contributed by atoms with Gasteiger partial charge in [0.2, 0.25) is 5.76 Å². The van der Waals surface area contributed by atoms with Gasteiger partial charge in [-0.3, -0.25) is 10.1 Å². The molecule has 0 bridgehead atoms. The Morgan fingerprint density at radius 1 is 1.30 bits per heavy atom. The van der Waals surface area contributed by atoms with Crippen LogP contribution in [0.5, 0.6) is 0 Å². The largest absolute Gasteiger partial charge is 0.361 e. The molecule has 1 N–H and O–H groups in total. The highest BCUT2D eigenvalue weighted by Gasteiger charge is 2.21. The minimum Gasteiger partial charge on any atom is -0.361 e. The smallest absolute Gasteiger partial charge is 0.338 e. The summed E-state index contributed by atoms with van der Waals surface area (Å²) in [4.78, 5) is 10.4. The molecule has 1 aromatic heterocycles. The SMILES string of the molecule is Cc1cccc(C)c1N/C=C/c1onc(C)c1[N+](=O)[O-]. The molecule has 104 valence electrons. The van der Waals surface area contributed by atoms with E-state index < -0.39 is 4.92 Å². The number of rotatable bonds is 4. The van der Waals surface area contributed by atoms with Crippen molar-refractivity contribution >= 4 is 17.5 Å². The van der Waals surface area contributed by atoms with Gasteiger partial charge in [0.1, 0.15) is 0 Å². The summed E-state index contributed by atoms with van der Waals surface area (Å²) in [6.45, 7) is 5.52. The molecule has 0 radical (unpaired) electrons. The first-order valence-corrected chi connectivity index (χ1v) is 6.10. The van der Waals surface area contributed by atoms with E-state index in [2.05, 4.69) is 10.5 Å². The van der Waals surface area contributed by atoms with Crippen LogP contribution in [0.1, 0.15) is 22.6 Å². The average Bonchev–Trinajstić information content (AvgIpc) is 2.74. The van der Waals surface area contributed by atoms with E-state index >= 15 is 0 Å². The van der Waals surface area contributed by atoms with E-state index in [1.807, 2.05) is 32.0 Å². The molecular weight excluding hydrogens is 258 g/mol. The van der Waals surface area contributed by atoms with Gasteiger partial charge >= 0.3 is 5.69 Å². The molecule has 1 aromatic carbocycles. The summed E-state index contributed by atoms with van der Waals surface area (Å²) in [5, 5.41) is 17.6. The van der Waals surface area contributed by atoms with E-state index in [1.165, 1.54) is 13.0 Å². The van der Waals surface area contributed by atoms with Crippen molar-refractivity contribution in [3.63, 3.8) is 0 Å². The maximum atomic E-state index is 10.9. The summed E-state index contributed by atoms with van der Waals surface area (Å²) in [7, 11) is 0. The quantitative estimate of drug-likeness (QED) is 0.680. The van der Waals surface area contributed by atoms with Crippen molar-refractivity contribution in [1.82, 2.24) is 5.16 Å². The lowest BCUT2D eigenvalue weighted by atomic mass is 10.1. The number of nitrogens with zero attached hydrogens (tertiary/aromatic N) is 2. The zero-order valence-corrected chi connectivity index (χ0v) is 11.5. The molecule has 2 rings (SSSR count). The number of nitrogens with one attached hydrogen (secondary N) is 1. The second kappa shape index (κ2) is 5.56. The van der Waals surface area contributed by atoms with Crippen LogP contribution in [0.25, 0.3) is 6.08 Å². The van der Waals surface area contributed by atoms with E-state index in [9.17, 15) is 10.1 Å². The lowest BCUT2D eigenvalue weighted by molar-refractivity contribution is -0.386. The fraction of sp³-hybridized carbons (Fsp3) is 0.214. The third kappa shape index (κ3) is 2.69. The van der Waals surface area contributed by atoms with Gasteiger partial charge in [-0.15, -0.1) is 0 Å². The number of anilines is 1. The molecular formula is C14H15N3O3. The van der Waals surface area contributed by atoms with E-state index in [0.717, 1.165) is 16.8 Å². The highest BCUT2D eigenvalue weighted by Crippen LogP contribution is 2.24. The number of aromatic nitrogens is 1. The second-order valence-corrected chi connectivity index (χ2v) is 4.48. The van der Waals surface area contributed by atoms with Crippen molar-refractivity contribution in [3.05, 3.63) is 57.1 Å². The number of hydrogen-bond acceptors (Lipinski definition) is 5. The van der Waals surface area contributed by atoms with Gasteiger partial charge in [-0.25, -0.2) is 0 Å². The molecule has 0 saturated heterocycles. The summed E-state index contributed by atoms with van der Waals surface area (Å²) in [5.74, 6) is 0.131. The van der Waals surface area contributed by atoms with Crippen molar-refractivity contribution in [1.29, 1.82) is 0 Å². The van der Waals surface area contributed by atoms with Crippen molar-refractivity contribution in [2.24, 2.45) is 0 Å². The van der Waals surface area contributed by atoms with Gasteiger partial charge < -0.3 is 9.84 Å². The van der Waals surface area contributed by atoms with E-state index in [1.54, 1.807) is 6.20 Å². The topological polar surface area (TPSA) is 81.2 Å². The zero-order chi connectivity index (χ0) is 14.7. The fourth-order valence-electron chi connectivity index (χ4n) is 1.96. The summed E-state index contributed by atoms with van der Waals surface area (Å²) in [6.07, 6.45) is 3.12. The molecule has 0 fully saturated rings. The third-order valence-corrected chi connectivity index (χ3v) is 2.98. The predicted octanol–water partition coefficient (Wildman–Crippen LogP) is 3.59. The molecule has 6 nitrogen and oxygen atoms in total. The van der Waals surface area contributed by atoms with Gasteiger partial charge in [0.15, 0.2) is 5.69 Å². The Bertz CT molecular complexity index is 654. The van der Waals surface area contributed by atoms with E-state index in [-0.39, 0.29) is 17.1 Å². The highest BCUT2D eigenvalue weighted by molar-refractivity contribution is 5.63. The van der Waals surface area contributed by atoms with Crippen LogP contribution in [-0.4, -0.2) is 10.1 Å². The molecule has 6 heteroatoms. The molecule has 20 heavy (non-hydrogen) atoms. The summed E-state index contributed by atoms with van der Waals surface area (Å²) >= 11 is 0. The van der Waals surface area contributed by atoms with Crippen LogP contribution in [0.3, 0.4) is 0 Å². The average molecular weight is 273 g/mol. The minimum absolute atomic E-state index is 0.107. The van der Waals surface area contributed by atoms with Crippen LogP contribution in [0.15, 0.2) is 28.9 Å². The predicted molar refractivity (Wildman–Crippen MR) is 76.5 cm³/mol. The Labute approximate surface area is 116 Å². The number of hydrogen-bond donors (Lipinski definition) is 1. The van der Waals surface area contributed by atoms with Crippen LogP contribution in [0, 0.1) is 30.9 Å². The van der Waals surface area contributed by atoms with Gasteiger partial charge in [-0.2, -0.15) is 0 Å². The molecule has 0 aliphatic heterocycles. The van der Waals surface area contributed by atoms with Gasteiger partial charge in [-0.05, 0) is 31.9 Å². The lowest BCUT2D eigenvalue weighted by Crippen LogP contribution is -1.94. The first kappa shape index (κ1) is 13.8. The Morgan fingerprint density at radius 2 is 1.95 bits per heavy atom. The highest BCUT2D eigenvalue weighted by atomic mass is 16.6. The molecule has 1 heterocycles. The Balaban J connectivity index is 2.21. The maximum Gasteiger partial charge on any atom is 0.338 e. The fourth-order valence-corrected chi connectivity index (χ4v) is 1.96. The van der Waals surface area contributed by atoms with Crippen LogP contribution >= 0.6 is 0 Å². The maximum absolute atomic E-state index is 10.9. The first-order chi connectivity index (χ1) is 9.50. The van der Waals surface area contributed by atoms with Crippen LogP contribution < -0.4 is 5.32 Å². The summed E-state index contributed by atoms with van der Waals surface area (Å²) < 4.78 is 4.94. The second-order valence-electron chi connectivity index (χ2n) is 4.48. The van der Waals surface area contributed by atoms with Gasteiger partial charge in [0.05, 0.1) is 4.92 Å². The standard InChI is InChI=1S/C14H15N3O3/c1-9-5-4-6-10(2)13(9)15-8-7-12-14(17(18)19)11(3)16-20-12/h4-8,15H,1-3H3/b8-7+. The minimum atomic E-state index is -0.496. The normalized spacial score (nSPS) is 10.9. The van der Waals surface area contributed by atoms with Gasteiger partial charge in [0.25, 0.3) is 0 Å². The Kier molecular flexibility index (Phi) is 3.84. The number of benzene rings is 1. The third-order valence-electron chi connectivity index (χ3n) is 2.98. The molecule has 2 aromatic rings. The van der Waals surface area contributed by atoms with Crippen molar-refractivity contribution in [2.75, 3.05) is 5.32 Å². The van der Waals surface area contributed by atoms with Gasteiger partial charge in [-0.1, -0.05) is 23.4 Å². The van der Waals surface area contributed by atoms with E-state index in [4.69, 9.17) is 4.52 Å². The first-order valence-electron chi connectivity index (χ1n) is 6.10. The van der Waals surface area contributed by atoms with Gasteiger partial charge in [0, 0.05) is 18.0 Å². The van der Waals surface area contributed by atoms with Crippen molar-refractivity contribution in [2.45, 2.75) is 20.8 Å². The Hall–Kier alpha value is -2.63. The number of nitro groups is 1. The molecule has 0 amide bonds. The van der Waals surface area contributed by atoms with Crippen LogP contribution in [-0.2, 0) is 0 Å². The van der Waals surface area contributed by atoms with Crippen LogP contribution in [0.2, 0.25) is 0 Å².